The van der Waals surface area contributed by atoms with Crippen molar-refractivity contribution in [3.63, 3.8) is 0 Å². The van der Waals surface area contributed by atoms with Gasteiger partial charge in [-0.15, -0.1) is 11.3 Å². The first-order chi connectivity index (χ1) is 14.6. The van der Waals surface area contributed by atoms with Crippen LogP contribution in [0.15, 0.2) is 65.1 Å². The van der Waals surface area contributed by atoms with Gasteiger partial charge in [0.25, 0.3) is 11.8 Å². The molecule has 8 heteroatoms. The number of hydrogen-bond donors (Lipinski definition) is 1. The zero-order chi connectivity index (χ0) is 20.7. The van der Waals surface area contributed by atoms with Gasteiger partial charge in [0.2, 0.25) is 5.91 Å². The zero-order valence-corrected chi connectivity index (χ0v) is 16.4. The first-order valence-electron chi connectivity index (χ1n) is 9.27. The van der Waals surface area contributed by atoms with Gasteiger partial charge in [-0.1, -0.05) is 24.3 Å². The van der Waals surface area contributed by atoms with Crippen molar-refractivity contribution in [1.82, 2.24) is 15.2 Å². The van der Waals surface area contributed by atoms with E-state index in [9.17, 15) is 14.4 Å². The highest BCUT2D eigenvalue weighted by molar-refractivity contribution is 7.21. The smallest absolute Gasteiger partial charge is 0.262 e. The molecular weight excluding hydrogens is 402 g/mol. The number of rotatable bonds is 5. The fourth-order valence-electron chi connectivity index (χ4n) is 3.33. The molecule has 0 spiro atoms. The highest BCUT2D eigenvalue weighted by atomic mass is 32.1. The van der Waals surface area contributed by atoms with Crippen molar-refractivity contribution in [1.29, 1.82) is 0 Å². The molecular formula is C22H15N3O4S. The van der Waals surface area contributed by atoms with E-state index in [2.05, 4.69) is 10.3 Å². The summed E-state index contributed by atoms with van der Waals surface area (Å²) < 4.78 is 6.87. The molecule has 1 N–H and O–H groups in total. The number of thiazole rings is 1. The molecule has 0 radical (unpaired) electrons. The van der Waals surface area contributed by atoms with E-state index in [1.54, 1.807) is 30.3 Å². The van der Waals surface area contributed by atoms with Gasteiger partial charge in [0.15, 0.2) is 10.8 Å². The maximum absolute atomic E-state index is 12.4. The minimum Gasteiger partial charge on any atom is -0.457 e. The highest BCUT2D eigenvalue weighted by Crippen LogP contribution is 2.31. The average molecular weight is 417 g/mol. The summed E-state index contributed by atoms with van der Waals surface area (Å²) in [6.45, 7) is -0.190. The fourth-order valence-corrected chi connectivity index (χ4v) is 4.26. The molecule has 1 aliphatic rings. The summed E-state index contributed by atoms with van der Waals surface area (Å²) in [6.07, 6.45) is 0. The Hall–Kier alpha value is -3.78. The van der Waals surface area contributed by atoms with Crippen molar-refractivity contribution in [3.05, 3.63) is 77.6 Å². The van der Waals surface area contributed by atoms with Gasteiger partial charge >= 0.3 is 0 Å². The minimum atomic E-state index is -0.457. The Labute approximate surface area is 174 Å². The Morgan fingerprint density at radius 2 is 1.67 bits per heavy atom. The van der Waals surface area contributed by atoms with E-state index in [1.807, 2.05) is 30.3 Å². The Bertz CT molecular complexity index is 1240. The van der Waals surface area contributed by atoms with Gasteiger partial charge in [0.1, 0.15) is 12.3 Å². The number of fused-ring (bicyclic) bond motifs is 2. The number of amides is 3. The summed E-state index contributed by atoms with van der Waals surface area (Å²) >= 11 is 1.53. The molecule has 0 unspecified atom stereocenters. The van der Waals surface area contributed by atoms with E-state index in [1.165, 1.54) is 11.3 Å². The summed E-state index contributed by atoms with van der Waals surface area (Å²) in [7, 11) is 0. The Kier molecular flexibility index (Phi) is 4.40. The lowest BCUT2D eigenvalue weighted by Gasteiger charge is -2.13. The number of imide groups is 1. The maximum atomic E-state index is 12.4. The number of hydrogen-bond acceptors (Lipinski definition) is 6. The van der Waals surface area contributed by atoms with Gasteiger partial charge in [-0.05, 0) is 36.4 Å². The molecule has 30 heavy (non-hydrogen) atoms. The normalized spacial score (nSPS) is 13.1. The maximum Gasteiger partial charge on any atom is 0.262 e. The lowest BCUT2D eigenvalue weighted by molar-refractivity contribution is -0.121. The van der Waals surface area contributed by atoms with Gasteiger partial charge in [-0.25, -0.2) is 4.98 Å². The van der Waals surface area contributed by atoms with E-state index in [0.717, 1.165) is 20.1 Å². The first kappa shape index (κ1) is 18.3. The second kappa shape index (κ2) is 7.23. The van der Waals surface area contributed by atoms with E-state index >= 15 is 0 Å². The van der Waals surface area contributed by atoms with Crippen molar-refractivity contribution >= 4 is 39.3 Å². The second-order valence-electron chi connectivity index (χ2n) is 6.77. The number of nitrogens with one attached hydrogen (secondary N) is 1. The van der Waals surface area contributed by atoms with Gasteiger partial charge < -0.3 is 9.73 Å². The van der Waals surface area contributed by atoms with E-state index in [4.69, 9.17) is 4.42 Å². The molecule has 0 fully saturated rings. The van der Waals surface area contributed by atoms with Crippen LogP contribution in [0.1, 0.15) is 26.5 Å². The monoisotopic (exact) mass is 417 g/mol. The van der Waals surface area contributed by atoms with Crippen molar-refractivity contribution in [2.24, 2.45) is 0 Å². The van der Waals surface area contributed by atoms with Crippen LogP contribution in [0.5, 0.6) is 0 Å². The van der Waals surface area contributed by atoms with Gasteiger partial charge in [-0.2, -0.15) is 0 Å². The van der Waals surface area contributed by atoms with Crippen LogP contribution in [0.3, 0.4) is 0 Å². The lowest BCUT2D eigenvalue weighted by atomic mass is 10.1. The van der Waals surface area contributed by atoms with Crippen LogP contribution in [0.4, 0.5) is 0 Å². The molecule has 3 amide bonds. The predicted molar refractivity (Wildman–Crippen MR) is 111 cm³/mol. The number of carbonyl (C=O) groups excluding carboxylic acids is 3. The molecule has 0 saturated heterocycles. The Morgan fingerprint density at radius 1 is 0.967 bits per heavy atom. The van der Waals surface area contributed by atoms with E-state index < -0.39 is 17.7 Å². The molecule has 0 bridgehead atoms. The average Bonchev–Trinajstić information content (AvgIpc) is 3.46. The molecule has 2 aromatic carbocycles. The van der Waals surface area contributed by atoms with Crippen LogP contribution < -0.4 is 5.32 Å². The van der Waals surface area contributed by atoms with Crippen molar-refractivity contribution in [2.45, 2.75) is 6.54 Å². The van der Waals surface area contributed by atoms with Crippen molar-refractivity contribution in [2.75, 3.05) is 6.54 Å². The molecule has 3 heterocycles. The summed E-state index contributed by atoms with van der Waals surface area (Å²) in [5.74, 6) is -0.174. The molecule has 5 rings (SSSR count). The number of furan rings is 1. The minimum absolute atomic E-state index is 0.146. The van der Waals surface area contributed by atoms with Crippen LogP contribution in [-0.2, 0) is 11.3 Å². The molecule has 0 saturated carbocycles. The van der Waals surface area contributed by atoms with Crippen LogP contribution in [0.2, 0.25) is 0 Å². The number of para-hydroxylation sites is 1. The lowest BCUT2D eigenvalue weighted by Crippen LogP contribution is -2.40. The largest absolute Gasteiger partial charge is 0.457 e. The molecule has 0 atom stereocenters. The van der Waals surface area contributed by atoms with E-state index in [0.29, 0.717) is 22.6 Å². The molecule has 4 aromatic rings. The summed E-state index contributed by atoms with van der Waals surface area (Å²) in [5, 5.41) is 3.45. The number of aromatic nitrogens is 1. The number of nitrogens with zero attached hydrogens (tertiary/aromatic N) is 2. The molecule has 1 aliphatic heterocycles. The molecule has 148 valence electrons. The quantitative estimate of drug-likeness (QED) is 0.502. The summed E-state index contributed by atoms with van der Waals surface area (Å²) in [5.41, 5.74) is 1.55. The van der Waals surface area contributed by atoms with Crippen LogP contribution in [-0.4, -0.2) is 34.2 Å². The van der Waals surface area contributed by atoms with Crippen LogP contribution in [0, 0.1) is 0 Å². The molecule has 7 nitrogen and oxygen atoms in total. The van der Waals surface area contributed by atoms with Crippen LogP contribution in [0.25, 0.3) is 21.0 Å². The van der Waals surface area contributed by atoms with Gasteiger partial charge in [-0.3, -0.25) is 19.3 Å². The predicted octanol–water partition coefficient (Wildman–Crippen LogP) is 3.47. The Balaban J connectivity index is 1.22. The third-order valence-corrected chi connectivity index (χ3v) is 5.86. The van der Waals surface area contributed by atoms with Crippen molar-refractivity contribution < 1.29 is 18.8 Å². The number of carbonyl (C=O) groups is 3. The highest BCUT2D eigenvalue weighted by Gasteiger charge is 2.36. The number of benzene rings is 2. The summed E-state index contributed by atoms with van der Waals surface area (Å²) in [6, 6.07) is 18.0. The first-order valence-corrected chi connectivity index (χ1v) is 10.1. The van der Waals surface area contributed by atoms with Gasteiger partial charge in [0, 0.05) is 0 Å². The molecule has 0 aliphatic carbocycles. The second-order valence-corrected chi connectivity index (χ2v) is 7.80. The fraction of sp³-hybridized carbons (Fsp3) is 0.0909. The molecule has 2 aromatic heterocycles. The zero-order valence-electron chi connectivity index (χ0n) is 15.6. The topological polar surface area (TPSA) is 92.5 Å². The Morgan fingerprint density at radius 3 is 2.40 bits per heavy atom. The third kappa shape index (κ3) is 3.17. The van der Waals surface area contributed by atoms with Crippen LogP contribution >= 0.6 is 11.3 Å². The SMILES string of the molecule is O=C(CN1C(=O)c2ccccc2C1=O)NCc1ccc(-c2nc3ccccc3s2)o1. The van der Waals surface area contributed by atoms with E-state index in [-0.39, 0.29) is 13.1 Å². The standard InChI is InChI=1S/C22H15N3O4S/c26-19(12-25-21(27)14-5-1-2-6-15(14)22(25)28)23-11-13-9-10-17(29-13)20-24-16-7-3-4-8-18(16)30-20/h1-10H,11-12H2,(H,23,26). The third-order valence-electron chi connectivity index (χ3n) is 4.81. The van der Waals surface area contributed by atoms with Crippen molar-refractivity contribution in [3.8, 4) is 10.8 Å². The van der Waals surface area contributed by atoms with Gasteiger partial charge in [0.05, 0.1) is 27.9 Å². The summed E-state index contributed by atoms with van der Waals surface area (Å²) in [4.78, 5) is 42.5.